The van der Waals surface area contributed by atoms with Gasteiger partial charge in [0.1, 0.15) is 5.75 Å². The number of benzene rings is 2. The van der Waals surface area contributed by atoms with E-state index >= 15 is 0 Å². The van der Waals surface area contributed by atoms with Gasteiger partial charge in [-0.1, -0.05) is 54.2 Å². The maximum Gasteiger partial charge on any atom is 0.305 e. The van der Waals surface area contributed by atoms with Crippen LogP contribution in [0, 0.1) is 0 Å². The molecule has 2 N–H and O–H groups in total. The largest absolute Gasteiger partial charge is 0.495 e. The summed E-state index contributed by atoms with van der Waals surface area (Å²) in [7, 11) is 1.61. The predicted octanol–water partition coefficient (Wildman–Crippen LogP) is 3.69. The Morgan fingerprint density at radius 1 is 1.03 bits per heavy atom. The maximum absolute atomic E-state index is 12.3. The van der Waals surface area contributed by atoms with Crippen molar-refractivity contribution in [3.05, 3.63) is 85.0 Å². The number of imidazole rings is 1. The molecule has 0 unspecified atom stereocenters. The van der Waals surface area contributed by atoms with Crippen LogP contribution < -0.4 is 15.6 Å². The highest BCUT2D eigenvalue weighted by Gasteiger charge is 2.18. The molecule has 32 heavy (non-hydrogen) atoms. The first-order valence-electron chi connectivity index (χ1n) is 9.69. The number of carbonyl (C=O) groups is 2. The molecule has 0 aliphatic rings. The van der Waals surface area contributed by atoms with Gasteiger partial charge in [-0.15, -0.1) is 0 Å². The van der Waals surface area contributed by atoms with Crippen molar-refractivity contribution in [3.8, 4) is 22.7 Å². The predicted molar refractivity (Wildman–Crippen MR) is 121 cm³/mol. The Bertz CT molecular complexity index is 1210. The number of rotatable bonds is 7. The van der Waals surface area contributed by atoms with Crippen LogP contribution in [0.1, 0.15) is 10.6 Å². The Kier molecular flexibility index (Phi) is 6.57. The van der Waals surface area contributed by atoms with E-state index in [9.17, 15) is 9.59 Å². The third kappa shape index (κ3) is 4.68. The molecule has 2 aromatic carbocycles. The standard InChI is InChI=1S/C23H20N4O4S/c1-30-19-11-6-5-10-17(19)27-18(16-8-3-2-4-9-16)14-24-23(27)32-15-21(28)25-26-22(29)20-12-7-13-31-20/h2-14H,15H2,1H3,(H,25,28)(H,26,29). The number of para-hydroxylation sites is 2. The van der Waals surface area contributed by atoms with Gasteiger partial charge in [0, 0.05) is 5.56 Å². The van der Waals surface area contributed by atoms with E-state index in [1.54, 1.807) is 19.4 Å². The Balaban J connectivity index is 1.54. The Hall–Kier alpha value is -3.98. The fourth-order valence-corrected chi connectivity index (χ4v) is 3.84. The minimum absolute atomic E-state index is 0.0405. The van der Waals surface area contributed by atoms with Crippen molar-refractivity contribution in [1.82, 2.24) is 20.4 Å². The van der Waals surface area contributed by atoms with Crippen molar-refractivity contribution in [2.75, 3.05) is 12.9 Å². The summed E-state index contributed by atoms with van der Waals surface area (Å²) in [5, 5.41) is 0.612. The van der Waals surface area contributed by atoms with E-state index in [1.165, 1.54) is 24.1 Å². The molecule has 0 atom stereocenters. The van der Waals surface area contributed by atoms with E-state index < -0.39 is 5.91 Å². The van der Waals surface area contributed by atoms with Crippen molar-refractivity contribution >= 4 is 23.6 Å². The van der Waals surface area contributed by atoms with E-state index in [0.29, 0.717) is 10.9 Å². The number of nitrogens with one attached hydrogen (secondary N) is 2. The summed E-state index contributed by atoms with van der Waals surface area (Å²) in [4.78, 5) is 28.7. The Morgan fingerprint density at radius 2 is 1.81 bits per heavy atom. The topological polar surface area (TPSA) is 98.4 Å². The molecule has 0 aliphatic heterocycles. The smallest absolute Gasteiger partial charge is 0.305 e. The summed E-state index contributed by atoms with van der Waals surface area (Å²) in [5.74, 6) is -0.0865. The minimum atomic E-state index is -0.532. The van der Waals surface area contributed by atoms with Crippen molar-refractivity contribution in [2.24, 2.45) is 0 Å². The van der Waals surface area contributed by atoms with Crippen LogP contribution in [-0.2, 0) is 4.79 Å². The number of hydrogen-bond donors (Lipinski definition) is 2. The highest BCUT2D eigenvalue weighted by Crippen LogP contribution is 2.33. The van der Waals surface area contributed by atoms with Crippen LogP contribution in [0.15, 0.2) is 88.8 Å². The second-order valence-corrected chi connectivity index (χ2v) is 7.51. The Labute approximate surface area is 188 Å². The molecule has 0 saturated carbocycles. The number of ether oxygens (including phenoxy) is 1. The van der Waals surface area contributed by atoms with E-state index in [-0.39, 0.29) is 17.4 Å². The SMILES string of the molecule is COc1ccccc1-n1c(-c2ccccc2)cnc1SCC(=O)NNC(=O)c1ccco1. The highest BCUT2D eigenvalue weighted by molar-refractivity contribution is 7.99. The van der Waals surface area contributed by atoms with Gasteiger partial charge in [-0.3, -0.25) is 25.0 Å². The lowest BCUT2D eigenvalue weighted by Gasteiger charge is -2.15. The number of furan rings is 1. The maximum atomic E-state index is 12.3. The van der Waals surface area contributed by atoms with Gasteiger partial charge in [-0.25, -0.2) is 4.98 Å². The first-order chi connectivity index (χ1) is 15.7. The first-order valence-corrected chi connectivity index (χ1v) is 10.7. The zero-order valence-electron chi connectivity index (χ0n) is 17.1. The molecule has 4 aromatic rings. The van der Waals surface area contributed by atoms with Crippen molar-refractivity contribution < 1.29 is 18.7 Å². The van der Waals surface area contributed by atoms with Gasteiger partial charge in [-0.2, -0.15) is 0 Å². The van der Waals surface area contributed by atoms with Gasteiger partial charge in [-0.05, 0) is 24.3 Å². The molecule has 8 nitrogen and oxygen atoms in total. The lowest BCUT2D eigenvalue weighted by atomic mass is 10.1. The van der Waals surface area contributed by atoms with Gasteiger partial charge >= 0.3 is 5.91 Å². The van der Waals surface area contributed by atoms with E-state index in [0.717, 1.165) is 16.9 Å². The van der Waals surface area contributed by atoms with Gasteiger partial charge < -0.3 is 9.15 Å². The number of nitrogens with zero attached hydrogens (tertiary/aromatic N) is 2. The molecule has 0 radical (unpaired) electrons. The average Bonchev–Trinajstić information content (AvgIpc) is 3.52. The third-order valence-corrected chi connectivity index (χ3v) is 5.47. The van der Waals surface area contributed by atoms with Crippen LogP contribution in [0.5, 0.6) is 5.75 Å². The number of hydrazine groups is 1. The molecular weight excluding hydrogens is 428 g/mol. The number of amides is 2. The van der Waals surface area contributed by atoms with Gasteiger partial charge in [0.25, 0.3) is 0 Å². The molecule has 9 heteroatoms. The first kappa shape index (κ1) is 21.3. The van der Waals surface area contributed by atoms with Crippen LogP contribution in [-0.4, -0.2) is 34.2 Å². The van der Waals surface area contributed by atoms with Crippen molar-refractivity contribution in [1.29, 1.82) is 0 Å². The van der Waals surface area contributed by atoms with Crippen LogP contribution in [0.2, 0.25) is 0 Å². The summed E-state index contributed by atoms with van der Waals surface area (Å²) in [5.41, 5.74) is 7.35. The number of aromatic nitrogens is 2. The lowest BCUT2D eigenvalue weighted by molar-refractivity contribution is -0.119. The molecule has 0 spiro atoms. The Morgan fingerprint density at radius 3 is 2.56 bits per heavy atom. The van der Waals surface area contributed by atoms with Crippen LogP contribution in [0.25, 0.3) is 16.9 Å². The van der Waals surface area contributed by atoms with E-state index in [1.807, 2.05) is 59.2 Å². The fraction of sp³-hybridized carbons (Fsp3) is 0.0870. The zero-order chi connectivity index (χ0) is 22.3. The van der Waals surface area contributed by atoms with Gasteiger partial charge in [0.2, 0.25) is 5.91 Å². The summed E-state index contributed by atoms with van der Waals surface area (Å²) in [6.45, 7) is 0. The molecule has 162 valence electrons. The molecule has 0 saturated heterocycles. The van der Waals surface area contributed by atoms with Crippen molar-refractivity contribution in [2.45, 2.75) is 5.16 Å². The fourth-order valence-electron chi connectivity index (χ4n) is 3.06. The number of methoxy groups -OCH3 is 1. The summed E-state index contributed by atoms with van der Waals surface area (Å²) < 4.78 is 12.5. The molecule has 0 fully saturated rings. The van der Waals surface area contributed by atoms with Gasteiger partial charge in [0.15, 0.2) is 10.9 Å². The summed E-state index contributed by atoms with van der Waals surface area (Å²) in [6.07, 6.45) is 3.15. The molecule has 0 aliphatic carbocycles. The van der Waals surface area contributed by atoms with Crippen LogP contribution >= 0.6 is 11.8 Å². The molecule has 4 rings (SSSR count). The van der Waals surface area contributed by atoms with Crippen LogP contribution in [0.4, 0.5) is 0 Å². The monoisotopic (exact) mass is 448 g/mol. The zero-order valence-corrected chi connectivity index (χ0v) is 18.0. The normalized spacial score (nSPS) is 10.5. The molecule has 2 heterocycles. The quantitative estimate of drug-likeness (QED) is 0.331. The molecule has 2 aromatic heterocycles. The molecule has 2 amide bonds. The van der Waals surface area contributed by atoms with Crippen molar-refractivity contribution in [3.63, 3.8) is 0 Å². The summed E-state index contributed by atoms with van der Waals surface area (Å²) in [6, 6.07) is 20.6. The lowest BCUT2D eigenvalue weighted by Crippen LogP contribution is -2.42. The highest BCUT2D eigenvalue weighted by atomic mass is 32.2. The van der Waals surface area contributed by atoms with Gasteiger partial charge in [0.05, 0.1) is 36.7 Å². The minimum Gasteiger partial charge on any atom is -0.495 e. The molecular formula is C23H20N4O4S. The number of carbonyl (C=O) groups excluding carboxylic acids is 2. The molecule has 0 bridgehead atoms. The second kappa shape index (κ2) is 9.88. The van der Waals surface area contributed by atoms with E-state index in [4.69, 9.17) is 9.15 Å². The average molecular weight is 449 g/mol. The van der Waals surface area contributed by atoms with E-state index in [2.05, 4.69) is 15.8 Å². The number of hydrogen-bond acceptors (Lipinski definition) is 6. The van der Waals surface area contributed by atoms with Crippen LogP contribution in [0.3, 0.4) is 0 Å². The summed E-state index contributed by atoms with van der Waals surface area (Å²) >= 11 is 1.24. The third-order valence-electron chi connectivity index (χ3n) is 4.52. The second-order valence-electron chi connectivity index (χ2n) is 6.57. The number of thioether (sulfide) groups is 1.